The third kappa shape index (κ3) is 3.78. The van der Waals surface area contributed by atoms with Crippen LogP contribution in [0.15, 0.2) is 0 Å². The van der Waals surface area contributed by atoms with Gasteiger partial charge in [-0.1, -0.05) is 12.8 Å². The van der Waals surface area contributed by atoms with Gasteiger partial charge in [0, 0.05) is 17.8 Å². The van der Waals surface area contributed by atoms with Crippen molar-refractivity contribution in [2.75, 3.05) is 26.2 Å². The Morgan fingerprint density at radius 1 is 1.00 bits per heavy atom. The zero-order valence-electron chi connectivity index (χ0n) is 13.2. The number of carboxylic acids is 1. The van der Waals surface area contributed by atoms with E-state index in [0.717, 1.165) is 35.8 Å². The van der Waals surface area contributed by atoms with Crippen molar-refractivity contribution in [1.29, 1.82) is 0 Å². The van der Waals surface area contributed by atoms with Crippen LogP contribution in [-0.2, 0) is 4.79 Å². The Kier molecular flexibility index (Phi) is 4.55. The van der Waals surface area contributed by atoms with Crippen LogP contribution in [0, 0.1) is 17.8 Å². The number of hydrogen-bond acceptors (Lipinski definition) is 2. The van der Waals surface area contributed by atoms with Crippen LogP contribution in [0.2, 0.25) is 0 Å². The Labute approximate surface area is 128 Å². The smallest absolute Gasteiger partial charge is 0.303 e. The Morgan fingerprint density at radius 3 is 2.00 bits per heavy atom. The summed E-state index contributed by atoms with van der Waals surface area (Å²) in [6, 6.07) is 0.197. The Balaban J connectivity index is 1.69. The van der Waals surface area contributed by atoms with Crippen LogP contribution >= 0.6 is 0 Å². The maximum atomic E-state index is 11.1. The van der Waals surface area contributed by atoms with Crippen LogP contribution in [0.1, 0.15) is 51.4 Å². The Morgan fingerprint density at radius 2 is 1.57 bits per heavy atom. The van der Waals surface area contributed by atoms with Gasteiger partial charge in [0.05, 0.1) is 38.6 Å². The molecule has 1 heterocycles. The van der Waals surface area contributed by atoms with Gasteiger partial charge < -0.3 is 15.3 Å². The SMILES string of the molecule is NC1CC(CC(=O)O)C[N+](CC2CCC2)(CC2CCC2)C1. The number of nitrogens with two attached hydrogens (primary N) is 1. The zero-order chi connectivity index (χ0) is 14.9. The molecular weight excluding hydrogens is 264 g/mol. The van der Waals surface area contributed by atoms with E-state index in [0.29, 0.717) is 6.42 Å². The summed E-state index contributed by atoms with van der Waals surface area (Å²) in [6.07, 6.45) is 9.50. The second-order valence-corrected chi connectivity index (χ2v) is 8.13. The summed E-state index contributed by atoms with van der Waals surface area (Å²) in [7, 11) is 0. The van der Waals surface area contributed by atoms with E-state index in [9.17, 15) is 4.79 Å². The number of hydrogen-bond donors (Lipinski definition) is 2. The fraction of sp³-hybridized carbons (Fsp3) is 0.941. The van der Waals surface area contributed by atoms with Crippen LogP contribution in [0.3, 0.4) is 0 Å². The largest absolute Gasteiger partial charge is 0.481 e. The lowest BCUT2D eigenvalue weighted by Gasteiger charge is -2.51. The van der Waals surface area contributed by atoms with Gasteiger partial charge in [0.2, 0.25) is 0 Å². The molecule has 21 heavy (non-hydrogen) atoms. The van der Waals surface area contributed by atoms with Gasteiger partial charge in [-0.2, -0.15) is 0 Å². The standard InChI is InChI=1S/C17H30N2O2/c18-16-7-15(8-17(20)21)11-19(12-16,9-13-3-1-4-13)10-14-5-2-6-14/h13-16H,1-12,18H2/p+1. The van der Waals surface area contributed by atoms with Crippen molar-refractivity contribution >= 4 is 5.97 Å². The molecule has 3 aliphatic rings. The number of likely N-dealkylation sites (tertiary alicyclic amines) is 1. The van der Waals surface area contributed by atoms with E-state index >= 15 is 0 Å². The summed E-state index contributed by atoms with van der Waals surface area (Å²) in [5, 5.41) is 9.15. The molecule has 4 nitrogen and oxygen atoms in total. The highest BCUT2D eigenvalue weighted by Gasteiger charge is 2.43. The first-order valence-electron chi connectivity index (χ1n) is 8.87. The van der Waals surface area contributed by atoms with Crippen molar-refractivity contribution in [3.63, 3.8) is 0 Å². The molecule has 120 valence electrons. The number of quaternary nitrogens is 1. The molecule has 0 bridgehead atoms. The average Bonchev–Trinajstić information content (AvgIpc) is 2.28. The summed E-state index contributed by atoms with van der Waals surface area (Å²) in [5.41, 5.74) is 6.34. The lowest BCUT2D eigenvalue weighted by atomic mass is 9.79. The van der Waals surface area contributed by atoms with E-state index in [4.69, 9.17) is 10.8 Å². The molecule has 3 N–H and O–H groups in total. The molecule has 4 heteroatoms. The fourth-order valence-corrected chi connectivity index (χ4v) is 4.91. The molecule has 2 aliphatic carbocycles. The zero-order valence-corrected chi connectivity index (χ0v) is 13.2. The third-order valence-corrected chi connectivity index (χ3v) is 6.11. The first-order chi connectivity index (χ1) is 10.0. The lowest BCUT2D eigenvalue weighted by molar-refractivity contribution is -0.943. The highest BCUT2D eigenvalue weighted by molar-refractivity contribution is 5.67. The predicted octanol–water partition coefficient (Wildman–Crippen LogP) is 2.23. The van der Waals surface area contributed by atoms with Crippen LogP contribution in [0.25, 0.3) is 0 Å². The van der Waals surface area contributed by atoms with Gasteiger partial charge in [-0.05, 0) is 32.1 Å². The molecular formula is C17H31N2O2+. The topological polar surface area (TPSA) is 63.3 Å². The molecule has 2 saturated carbocycles. The van der Waals surface area contributed by atoms with Crippen molar-refractivity contribution in [2.24, 2.45) is 23.5 Å². The van der Waals surface area contributed by atoms with Crippen LogP contribution in [0.5, 0.6) is 0 Å². The lowest BCUT2D eigenvalue weighted by Crippen LogP contribution is -2.64. The highest BCUT2D eigenvalue weighted by Crippen LogP contribution is 2.37. The Hall–Kier alpha value is -0.610. The average molecular weight is 295 g/mol. The molecule has 3 fully saturated rings. The van der Waals surface area contributed by atoms with Crippen LogP contribution in [-0.4, -0.2) is 47.8 Å². The van der Waals surface area contributed by atoms with Gasteiger partial charge in [-0.3, -0.25) is 4.79 Å². The van der Waals surface area contributed by atoms with Gasteiger partial charge in [-0.25, -0.2) is 0 Å². The van der Waals surface area contributed by atoms with E-state index in [1.165, 1.54) is 51.6 Å². The molecule has 1 aliphatic heterocycles. The van der Waals surface area contributed by atoms with Crippen molar-refractivity contribution in [3.05, 3.63) is 0 Å². The van der Waals surface area contributed by atoms with E-state index in [-0.39, 0.29) is 12.0 Å². The van der Waals surface area contributed by atoms with Crippen LogP contribution in [0.4, 0.5) is 0 Å². The third-order valence-electron chi connectivity index (χ3n) is 6.11. The molecule has 0 amide bonds. The summed E-state index contributed by atoms with van der Waals surface area (Å²) < 4.78 is 1.13. The van der Waals surface area contributed by atoms with Gasteiger partial charge in [0.1, 0.15) is 0 Å². The first kappa shape index (κ1) is 15.3. The maximum absolute atomic E-state index is 11.1. The van der Waals surface area contributed by atoms with E-state index in [1.807, 2.05) is 0 Å². The number of nitrogens with zero attached hydrogens (tertiary/aromatic N) is 1. The molecule has 2 unspecified atom stereocenters. The predicted molar refractivity (Wildman–Crippen MR) is 82.7 cm³/mol. The molecule has 0 radical (unpaired) electrons. The number of aliphatic carboxylic acids is 1. The molecule has 0 spiro atoms. The molecule has 1 saturated heterocycles. The van der Waals surface area contributed by atoms with E-state index < -0.39 is 5.97 Å². The van der Waals surface area contributed by atoms with E-state index in [2.05, 4.69) is 0 Å². The minimum absolute atomic E-state index is 0.197. The number of rotatable bonds is 6. The van der Waals surface area contributed by atoms with Gasteiger partial charge >= 0.3 is 5.97 Å². The number of carbonyl (C=O) groups is 1. The normalized spacial score (nSPS) is 33.2. The fourth-order valence-electron chi connectivity index (χ4n) is 4.91. The summed E-state index contributed by atoms with van der Waals surface area (Å²) in [4.78, 5) is 11.1. The van der Waals surface area contributed by atoms with Crippen molar-refractivity contribution in [3.8, 4) is 0 Å². The highest BCUT2D eigenvalue weighted by atomic mass is 16.4. The second-order valence-electron chi connectivity index (χ2n) is 8.13. The van der Waals surface area contributed by atoms with Gasteiger partial charge in [0.25, 0.3) is 0 Å². The number of piperidine rings is 1. The molecule has 0 aromatic rings. The maximum Gasteiger partial charge on any atom is 0.303 e. The summed E-state index contributed by atoms with van der Waals surface area (Å²) >= 11 is 0. The minimum atomic E-state index is -0.653. The van der Waals surface area contributed by atoms with Gasteiger partial charge in [-0.15, -0.1) is 0 Å². The van der Waals surface area contributed by atoms with Crippen molar-refractivity contribution in [1.82, 2.24) is 0 Å². The monoisotopic (exact) mass is 295 g/mol. The van der Waals surface area contributed by atoms with Gasteiger partial charge in [0.15, 0.2) is 0 Å². The summed E-state index contributed by atoms with van der Waals surface area (Å²) in [5.74, 6) is 1.38. The second kappa shape index (κ2) is 6.25. The first-order valence-corrected chi connectivity index (χ1v) is 8.87. The van der Waals surface area contributed by atoms with Crippen molar-refractivity contribution in [2.45, 2.75) is 57.4 Å². The molecule has 3 rings (SSSR count). The summed E-state index contributed by atoms with van der Waals surface area (Å²) in [6.45, 7) is 4.68. The number of carboxylic acid groups (broad SMARTS) is 1. The molecule has 0 aromatic carbocycles. The van der Waals surface area contributed by atoms with Crippen molar-refractivity contribution < 1.29 is 14.4 Å². The minimum Gasteiger partial charge on any atom is -0.481 e. The molecule has 2 atom stereocenters. The molecule has 0 aromatic heterocycles. The van der Waals surface area contributed by atoms with Crippen LogP contribution < -0.4 is 5.73 Å². The Bertz CT molecular complexity index is 361. The quantitative estimate of drug-likeness (QED) is 0.739. The van der Waals surface area contributed by atoms with E-state index in [1.54, 1.807) is 0 Å².